The number of benzene rings is 1. The smallest absolute Gasteiger partial charge is 0.272 e. The second-order valence-electron chi connectivity index (χ2n) is 10.1. The van der Waals surface area contributed by atoms with Gasteiger partial charge < -0.3 is 14.7 Å². The zero-order valence-electron chi connectivity index (χ0n) is 21.4. The Balaban J connectivity index is 1.15. The van der Waals surface area contributed by atoms with Crippen LogP contribution in [0.2, 0.25) is 0 Å². The molecule has 2 aliphatic rings. The van der Waals surface area contributed by atoms with Crippen molar-refractivity contribution in [2.75, 3.05) is 51.2 Å². The minimum absolute atomic E-state index is 0.0260. The van der Waals surface area contributed by atoms with E-state index < -0.39 is 0 Å². The van der Waals surface area contributed by atoms with Gasteiger partial charge in [-0.3, -0.25) is 14.5 Å². The third kappa shape index (κ3) is 4.67. The van der Waals surface area contributed by atoms with Crippen molar-refractivity contribution >= 4 is 22.6 Å². The highest BCUT2D eigenvalue weighted by molar-refractivity contribution is 5.94. The van der Waals surface area contributed by atoms with E-state index in [1.54, 1.807) is 11.0 Å². The average molecular weight is 497 g/mol. The number of hydrogen-bond acceptors (Lipinski definition) is 7. The molecule has 0 N–H and O–H groups in total. The van der Waals surface area contributed by atoms with Gasteiger partial charge in [0.1, 0.15) is 17.5 Å². The molecule has 9 nitrogen and oxygen atoms in total. The zero-order valence-corrected chi connectivity index (χ0v) is 21.4. The van der Waals surface area contributed by atoms with Gasteiger partial charge in [-0.25, -0.2) is 9.97 Å². The molecule has 0 unspecified atom stereocenters. The van der Waals surface area contributed by atoms with Crippen molar-refractivity contribution in [1.29, 1.82) is 0 Å². The molecule has 1 aromatic carbocycles. The summed E-state index contributed by atoms with van der Waals surface area (Å²) in [6.45, 7) is 5.46. The Kier molecular flexibility index (Phi) is 6.30. The normalized spacial score (nSPS) is 17.5. The van der Waals surface area contributed by atoms with Gasteiger partial charge in [-0.15, -0.1) is 0 Å². The van der Waals surface area contributed by atoms with E-state index in [9.17, 15) is 4.79 Å². The maximum atomic E-state index is 13.3. The van der Waals surface area contributed by atoms with Gasteiger partial charge >= 0.3 is 0 Å². The van der Waals surface area contributed by atoms with Gasteiger partial charge in [0.25, 0.3) is 5.91 Å². The largest absolute Gasteiger partial charge is 0.368 e. The predicted molar refractivity (Wildman–Crippen MR) is 144 cm³/mol. The Morgan fingerprint density at radius 1 is 0.892 bits per heavy atom. The van der Waals surface area contributed by atoms with E-state index in [-0.39, 0.29) is 11.8 Å². The lowest BCUT2D eigenvalue weighted by Crippen LogP contribution is -2.44. The molecule has 0 saturated carbocycles. The van der Waals surface area contributed by atoms with Crippen LogP contribution in [0.4, 0.5) is 5.69 Å². The molecule has 6 rings (SSSR count). The summed E-state index contributed by atoms with van der Waals surface area (Å²) < 4.78 is 1.69. The molecule has 0 aliphatic carbocycles. The Bertz CT molecular complexity index is 1400. The quantitative estimate of drug-likeness (QED) is 0.429. The van der Waals surface area contributed by atoms with Crippen LogP contribution in [-0.4, -0.2) is 86.8 Å². The molecule has 0 bridgehead atoms. The maximum absolute atomic E-state index is 13.3. The number of likely N-dealkylation sites (tertiary alicyclic amines) is 1. The van der Waals surface area contributed by atoms with Crippen LogP contribution >= 0.6 is 0 Å². The number of pyridine rings is 1. The number of amides is 1. The number of nitrogens with zero attached hydrogens (tertiary/aromatic N) is 8. The number of rotatable bonds is 4. The number of anilines is 1. The number of hydrogen-bond donors (Lipinski definition) is 0. The van der Waals surface area contributed by atoms with E-state index in [0.29, 0.717) is 18.8 Å². The molecule has 37 heavy (non-hydrogen) atoms. The van der Waals surface area contributed by atoms with Gasteiger partial charge in [-0.05, 0) is 32.0 Å². The van der Waals surface area contributed by atoms with Gasteiger partial charge in [0.2, 0.25) is 0 Å². The Morgan fingerprint density at radius 2 is 1.65 bits per heavy atom. The van der Waals surface area contributed by atoms with Crippen LogP contribution in [0.25, 0.3) is 22.3 Å². The fourth-order valence-corrected chi connectivity index (χ4v) is 5.42. The molecule has 0 radical (unpaired) electrons. The lowest BCUT2D eigenvalue weighted by atomic mass is 9.92. The molecule has 0 atom stereocenters. The van der Waals surface area contributed by atoms with Crippen molar-refractivity contribution in [3.8, 4) is 11.3 Å². The van der Waals surface area contributed by atoms with E-state index in [2.05, 4.69) is 38.0 Å². The molecule has 2 saturated heterocycles. The number of fused-ring (bicyclic) bond motifs is 1. The van der Waals surface area contributed by atoms with Crippen LogP contribution in [0.15, 0.2) is 55.0 Å². The highest BCUT2D eigenvalue weighted by atomic mass is 16.2. The van der Waals surface area contributed by atoms with Crippen LogP contribution < -0.4 is 4.90 Å². The number of piperidine rings is 1. The number of likely N-dealkylation sites (N-methyl/N-ethyl adjacent to an activating group) is 1. The van der Waals surface area contributed by atoms with Crippen molar-refractivity contribution in [2.45, 2.75) is 18.8 Å². The summed E-state index contributed by atoms with van der Waals surface area (Å²) in [5, 5.41) is 4.58. The van der Waals surface area contributed by atoms with E-state index >= 15 is 0 Å². The topological polar surface area (TPSA) is 83.3 Å². The van der Waals surface area contributed by atoms with Crippen LogP contribution in [0, 0.1) is 0 Å². The Hall–Kier alpha value is -3.85. The predicted octanol–water partition coefficient (Wildman–Crippen LogP) is 3.20. The number of aromatic nitrogens is 5. The summed E-state index contributed by atoms with van der Waals surface area (Å²) in [7, 11) is 3.99. The second kappa shape index (κ2) is 9.89. The van der Waals surface area contributed by atoms with Crippen molar-refractivity contribution in [2.24, 2.45) is 7.05 Å². The molecule has 3 aromatic heterocycles. The Morgan fingerprint density at radius 3 is 2.41 bits per heavy atom. The molecular formula is C28H32N8O. The van der Waals surface area contributed by atoms with Gasteiger partial charge in [-0.2, -0.15) is 5.10 Å². The van der Waals surface area contributed by atoms with E-state index in [1.165, 1.54) is 0 Å². The van der Waals surface area contributed by atoms with Crippen molar-refractivity contribution in [3.63, 3.8) is 0 Å². The number of carbonyl (C=O) groups excluding carboxylic acids is 1. The lowest BCUT2D eigenvalue weighted by Gasteiger charge is -2.34. The van der Waals surface area contributed by atoms with Crippen molar-refractivity contribution in [3.05, 3.63) is 66.4 Å². The molecule has 5 heterocycles. The van der Waals surface area contributed by atoms with E-state index in [4.69, 9.17) is 4.98 Å². The van der Waals surface area contributed by atoms with Crippen LogP contribution in [0.5, 0.6) is 0 Å². The third-order valence-corrected chi connectivity index (χ3v) is 7.70. The van der Waals surface area contributed by atoms with Gasteiger partial charge in [-0.1, -0.05) is 30.3 Å². The average Bonchev–Trinajstić information content (AvgIpc) is 3.34. The van der Waals surface area contributed by atoms with Gasteiger partial charge in [0.15, 0.2) is 0 Å². The van der Waals surface area contributed by atoms with Crippen molar-refractivity contribution < 1.29 is 4.79 Å². The molecule has 4 aromatic rings. The number of aryl methyl sites for hydroxylation is 1. The minimum atomic E-state index is 0.0260. The minimum Gasteiger partial charge on any atom is -0.368 e. The molecule has 2 fully saturated rings. The van der Waals surface area contributed by atoms with Gasteiger partial charge in [0.05, 0.1) is 28.8 Å². The first-order valence-corrected chi connectivity index (χ1v) is 13.0. The highest BCUT2D eigenvalue weighted by Crippen LogP contribution is 2.32. The summed E-state index contributed by atoms with van der Waals surface area (Å²) in [4.78, 5) is 34.0. The lowest BCUT2D eigenvalue weighted by molar-refractivity contribution is 0.0701. The SMILES string of the molecule is CN1CCN(c2cnc3c(C4CCN(C(=O)c5cc(-c6ccccc6)nn5C)CC4)ncnc3c2)CC1. The fraction of sp³-hybridized carbons (Fsp3) is 0.393. The Labute approximate surface area is 216 Å². The van der Waals surface area contributed by atoms with E-state index in [0.717, 1.165) is 72.7 Å². The standard InChI is InChI=1S/C28H32N8O/c1-33-12-14-35(15-13-33)22-16-24-27(29-18-22)26(31-19-30-24)21-8-10-36(11-9-21)28(37)25-17-23(32-34(25)2)20-6-4-3-5-7-20/h3-7,16-19,21H,8-15H2,1-2H3. The summed E-state index contributed by atoms with van der Waals surface area (Å²) in [6, 6.07) is 14.0. The molecule has 0 spiro atoms. The fourth-order valence-electron chi connectivity index (χ4n) is 5.42. The number of piperazine rings is 1. The summed E-state index contributed by atoms with van der Waals surface area (Å²) in [6.07, 6.45) is 5.32. The molecule has 2 aliphatic heterocycles. The summed E-state index contributed by atoms with van der Waals surface area (Å²) >= 11 is 0. The highest BCUT2D eigenvalue weighted by Gasteiger charge is 2.29. The second-order valence-corrected chi connectivity index (χ2v) is 10.1. The molecular weight excluding hydrogens is 464 g/mol. The molecule has 1 amide bonds. The first-order valence-electron chi connectivity index (χ1n) is 13.0. The van der Waals surface area contributed by atoms with Gasteiger partial charge in [0, 0.05) is 57.8 Å². The molecule has 9 heteroatoms. The maximum Gasteiger partial charge on any atom is 0.272 e. The zero-order chi connectivity index (χ0) is 25.4. The first-order chi connectivity index (χ1) is 18.1. The number of carbonyl (C=O) groups is 1. The summed E-state index contributed by atoms with van der Waals surface area (Å²) in [5.74, 6) is 0.279. The summed E-state index contributed by atoms with van der Waals surface area (Å²) in [5.41, 5.74) is 6.33. The molecule has 190 valence electrons. The first kappa shape index (κ1) is 23.5. The van der Waals surface area contributed by atoms with Crippen LogP contribution in [0.3, 0.4) is 0 Å². The van der Waals surface area contributed by atoms with Crippen LogP contribution in [0.1, 0.15) is 34.9 Å². The van der Waals surface area contributed by atoms with E-state index in [1.807, 2.05) is 54.5 Å². The van der Waals surface area contributed by atoms with Crippen LogP contribution in [-0.2, 0) is 7.05 Å². The third-order valence-electron chi connectivity index (χ3n) is 7.70. The van der Waals surface area contributed by atoms with Crippen molar-refractivity contribution in [1.82, 2.24) is 34.5 Å². The monoisotopic (exact) mass is 496 g/mol.